The molecule has 3 heteroatoms. The summed E-state index contributed by atoms with van der Waals surface area (Å²) in [4.78, 5) is 0. The number of hydrogen-bond acceptors (Lipinski definition) is 3. The quantitative estimate of drug-likeness (QED) is 0.746. The SMILES string of the molecule is c1cc(CCNCC2CCCNC2)cs1. The Balaban J connectivity index is 1.54. The van der Waals surface area contributed by atoms with Crippen molar-refractivity contribution in [1.82, 2.24) is 10.6 Å². The van der Waals surface area contributed by atoms with Crippen molar-refractivity contribution in [3.8, 4) is 0 Å². The molecule has 15 heavy (non-hydrogen) atoms. The summed E-state index contributed by atoms with van der Waals surface area (Å²) in [6, 6.07) is 2.22. The van der Waals surface area contributed by atoms with E-state index in [-0.39, 0.29) is 0 Å². The summed E-state index contributed by atoms with van der Waals surface area (Å²) in [5, 5.41) is 11.4. The van der Waals surface area contributed by atoms with E-state index in [4.69, 9.17) is 0 Å². The van der Waals surface area contributed by atoms with Crippen LogP contribution in [0, 0.1) is 5.92 Å². The minimum Gasteiger partial charge on any atom is -0.316 e. The van der Waals surface area contributed by atoms with Crippen LogP contribution < -0.4 is 10.6 Å². The summed E-state index contributed by atoms with van der Waals surface area (Å²) in [6.45, 7) is 4.71. The minimum atomic E-state index is 0.848. The lowest BCUT2D eigenvalue weighted by molar-refractivity contribution is 0.361. The van der Waals surface area contributed by atoms with E-state index in [9.17, 15) is 0 Å². The molecule has 2 rings (SSSR count). The molecule has 0 spiro atoms. The van der Waals surface area contributed by atoms with Crippen LogP contribution in [0.4, 0.5) is 0 Å². The first-order chi connectivity index (χ1) is 7.45. The molecule has 1 aliphatic heterocycles. The van der Waals surface area contributed by atoms with Crippen LogP contribution in [-0.2, 0) is 6.42 Å². The van der Waals surface area contributed by atoms with Crippen LogP contribution in [-0.4, -0.2) is 26.2 Å². The minimum absolute atomic E-state index is 0.848. The van der Waals surface area contributed by atoms with Gasteiger partial charge < -0.3 is 10.6 Å². The second kappa shape index (κ2) is 6.26. The van der Waals surface area contributed by atoms with Crippen molar-refractivity contribution in [2.45, 2.75) is 19.3 Å². The zero-order chi connectivity index (χ0) is 10.3. The zero-order valence-corrected chi connectivity index (χ0v) is 9.98. The molecule has 1 unspecified atom stereocenters. The molecule has 0 bridgehead atoms. The highest BCUT2D eigenvalue weighted by atomic mass is 32.1. The van der Waals surface area contributed by atoms with Crippen molar-refractivity contribution in [2.75, 3.05) is 26.2 Å². The van der Waals surface area contributed by atoms with Gasteiger partial charge >= 0.3 is 0 Å². The number of nitrogens with one attached hydrogen (secondary N) is 2. The molecule has 0 aliphatic carbocycles. The predicted molar refractivity (Wildman–Crippen MR) is 66.5 cm³/mol. The lowest BCUT2D eigenvalue weighted by Gasteiger charge is -2.22. The molecule has 1 aromatic rings. The smallest absolute Gasteiger partial charge is 0.000793 e. The van der Waals surface area contributed by atoms with Crippen LogP contribution in [0.25, 0.3) is 0 Å². The van der Waals surface area contributed by atoms with E-state index >= 15 is 0 Å². The van der Waals surface area contributed by atoms with Gasteiger partial charge in [0, 0.05) is 0 Å². The zero-order valence-electron chi connectivity index (χ0n) is 9.17. The first-order valence-corrected chi connectivity index (χ1v) is 6.82. The molecular formula is C12H20N2S. The number of hydrogen-bond donors (Lipinski definition) is 2. The summed E-state index contributed by atoms with van der Waals surface area (Å²) >= 11 is 1.79. The van der Waals surface area contributed by atoms with E-state index in [0.29, 0.717) is 0 Å². The number of rotatable bonds is 5. The van der Waals surface area contributed by atoms with Crippen molar-refractivity contribution in [1.29, 1.82) is 0 Å². The second-order valence-corrected chi connectivity index (χ2v) is 5.08. The van der Waals surface area contributed by atoms with Crippen LogP contribution in [0.15, 0.2) is 16.8 Å². The summed E-state index contributed by atoms with van der Waals surface area (Å²) < 4.78 is 0. The third-order valence-corrected chi connectivity index (χ3v) is 3.73. The lowest BCUT2D eigenvalue weighted by Crippen LogP contribution is -2.36. The van der Waals surface area contributed by atoms with Crippen molar-refractivity contribution in [3.63, 3.8) is 0 Å². The molecule has 1 fully saturated rings. The van der Waals surface area contributed by atoms with Crippen LogP contribution in [0.2, 0.25) is 0 Å². The first kappa shape index (κ1) is 11.1. The van der Waals surface area contributed by atoms with E-state index in [2.05, 4.69) is 27.5 Å². The molecule has 1 saturated heterocycles. The maximum absolute atomic E-state index is 3.56. The summed E-state index contributed by atoms with van der Waals surface area (Å²) in [6.07, 6.45) is 3.90. The third kappa shape index (κ3) is 3.93. The van der Waals surface area contributed by atoms with Gasteiger partial charge in [-0.2, -0.15) is 11.3 Å². The van der Waals surface area contributed by atoms with E-state index in [1.54, 1.807) is 11.3 Å². The molecule has 2 N–H and O–H groups in total. The normalized spacial score (nSPS) is 21.7. The average molecular weight is 224 g/mol. The fourth-order valence-corrected chi connectivity index (χ4v) is 2.78. The summed E-state index contributed by atoms with van der Waals surface area (Å²) in [7, 11) is 0. The highest BCUT2D eigenvalue weighted by Gasteiger charge is 2.11. The standard InChI is InChI=1S/C12H20N2S/c1-2-12(8-13-5-1)9-14-6-3-11-4-7-15-10-11/h4,7,10,12-14H,1-3,5-6,8-9H2. The van der Waals surface area contributed by atoms with E-state index in [1.807, 2.05) is 0 Å². The molecule has 0 saturated carbocycles. The van der Waals surface area contributed by atoms with E-state index in [1.165, 1.54) is 44.5 Å². The van der Waals surface area contributed by atoms with Gasteiger partial charge in [0.25, 0.3) is 0 Å². The maximum atomic E-state index is 3.56. The average Bonchev–Trinajstić information content (AvgIpc) is 2.79. The first-order valence-electron chi connectivity index (χ1n) is 5.87. The Kier molecular flexibility index (Phi) is 4.64. The lowest BCUT2D eigenvalue weighted by atomic mass is 10.00. The Bertz CT molecular complexity index is 253. The Labute approximate surface area is 96.1 Å². The van der Waals surface area contributed by atoms with Crippen molar-refractivity contribution >= 4 is 11.3 Å². The molecule has 84 valence electrons. The van der Waals surface area contributed by atoms with Gasteiger partial charge in [0.15, 0.2) is 0 Å². The van der Waals surface area contributed by atoms with Crippen molar-refractivity contribution in [2.24, 2.45) is 5.92 Å². The highest BCUT2D eigenvalue weighted by molar-refractivity contribution is 7.07. The Morgan fingerprint density at radius 1 is 1.53 bits per heavy atom. The van der Waals surface area contributed by atoms with Gasteiger partial charge in [-0.15, -0.1) is 0 Å². The summed E-state index contributed by atoms with van der Waals surface area (Å²) in [5.74, 6) is 0.848. The van der Waals surface area contributed by atoms with Crippen molar-refractivity contribution in [3.05, 3.63) is 22.4 Å². The summed E-state index contributed by atoms with van der Waals surface area (Å²) in [5.41, 5.74) is 1.47. The molecule has 2 nitrogen and oxygen atoms in total. The number of thiophene rings is 1. The van der Waals surface area contributed by atoms with Crippen LogP contribution >= 0.6 is 11.3 Å². The Morgan fingerprint density at radius 2 is 2.53 bits per heavy atom. The number of piperidine rings is 1. The monoisotopic (exact) mass is 224 g/mol. The Morgan fingerprint density at radius 3 is 3.27 bits per heavy atom. The fourth-order valence-electron chi connectivity index (χ4n) is 2.07. The van der Waals surface area contributed by atoms with E-state index in [0.717, 1.165) is 12.5 Å². The van der Waals surface area contributed by atoms with Crippen LogP contribution in [0.5, 0.6) is 0 Å². The van der Waals surface area contributed by atoms with Gasteiger partial charge in [0.1, 0.15) is 0 Å². The third-order valence-electron chi connectivity index (χ3n) is 3.00. The topological polar surface area (TPSA) is 24.1 Å². The van der Waals surface area contributed by atoms with Gasteiger partial charge in [0.05, 0.1) is 0 Å². The van der Waals surface area contributed by atoms with Gasteiger partial charge in [0.2, 0.25) is 0 Å². The maximum Gasteiger partial charge on any atom is -0.000793 e. The molecule has 1 atom stereocenters. The largest absolute Gasteiger partial charge is 0.316 e. The fraction of sp³-hybridized carbons (Fsp3) is 0.667. The van der Waals surface area contributed by atoms with Gasteiger partial charge in [-0.1, -0.05) is 0 Å². The van der Waals surface area contributed by atoms with Crippen LogP contribution in [0.3, 0.4) is 0 Å². The van der Waals surface area contributed by atoms with Gasteiger partial charge in [-0.05, 0) is 73.7 Å². The molecule has 0 aromatic carbocycles. The van der Waals surface area contributed by atoms with Gasteiger partial charge in [-0.3, -0.25) is 0 Å². The molecule has 0 radical (unpaired) electrons. The van der Waals surface area contributed by atoms with E-state index < -0.39 is 0 Å². The van der Waals surface area contributed by atoms with Gasteiger partial charge in [-0.25, -0.2) is 0 Å². The molecule has 2 heterocycles. The highest BCUT2D eigenvalue weighted by Crippen LogP contribution is 2.09. The van der Waals surface area contributed by atoms with Crippen molar-refractivity contribution < 1.29 is 0 Å². The molecule has 1 aliphatic rings. The molecule has 1 aromatic heterocycles. The predicted octanol–water partition coefficient (Wildman–Crippen LogP) is 1.88. The molecule has 0 amide bonds. The Hall–Kier alpha value is -0.380. The molecular weight excluding hydrogens is 204 g/mol. The van der Waals surface area contributed by atoms with Crippen LogP contribution in [0.1, 0.15) is 18.4 Å². The second-order valence-electron chi connectivity index (χ2n) is 4.30.